The van der Waals surface area contributed by atoms with Gasteiger partial charge in [0.15, 0.2) is 11.0 Å². The first kappa shape index (κ1) is 18.0. The van der Waals surface area contributed by atoms with Crippen molar-refractivity contribution in [1.29, 1.82) is 0 Å². The summed E-state index contributed by atoms with van der Waals surface area (Å²) in [4.78, 5) is 2.09. The van der Waals surface area contributed by atoms with Crippen LogP contribution in [-0.2, 0) is 12.3 Å². The minimum atomic E-state index is 0.848. The van der Waals surface area contributed by atoms with Crippen LogP contribution in [0, 0.1) is 0 Å². The first-order valence-corrected chi connectivity index (χ1v) is 9.94. The smallest absolute Gasteiger partial charge is 0.191 e. The van der Waals surface area contributed by atoms with Crippen LogP contribution in [0.3, 0.4) is 0 Å². The number of nitrogens with zero attached hydrogens (tertiary/aromatic N) is 4. The summed E-state index contributed by atoms with van der Waals surface area (Å²) in [5, 5.41) is 9.79. The van der Waals surface area contributed by atoms with Gasteiger partial charge in [-0.2, -0.15) is 0 Å². The fourth-order valence-electron chi connectivity index (χ4n) is 2.53. The zero-order valence-corrected chi connectivity index (χ0v) is 17.0. The summed E-state index contributed by atoms with van der Waals surface area (Å²) in [5.41, 5.74) is 3.54. The van der Waals surface area contributed by atoms with Crippen molar-refractivity contribution < 1.29 is 0 Å². The monoisotopic (exact) mass is 416 g/mol. The van der Waals surface area contributed by atoms with E-state index in [1.807, 2.05) is 14.1 Å². The van der Waals surface area contributed by atoms with Crippen molar-refractivity contribution in [2.75, 3.05) is 19.0 Å². The second-order valence-corrected chi connectivity index (χ2v) is 7.77. The lowest BCUT2D eigenvalue weighted by Gasteiger charge is -2.13. The lowest BCUT2D eigenvalue weighted by atomic mass is 10.2. The Morgan fingerprint density at radius 3 is 2.28 bits per heavy atom. The predicted octanol–water partition coefficient (Wildman–Crippen LogP) is 5.09. The van der Waals surface area contributed by atoms with Crippen molar-refractivity contribution in [3.05, 3.63) is 58.6 Å². The highest BCUT2D eigenvalue weighted by molar-refractivity contribution is 9.10. The van der Waals surface area contributed by atoms with E-state index in [4.69, 9.17) is 0 Å². The van der Waals surface area contributed by atoms with Gasteiger partial charge >= 0.3 is 0 Å². The summed E-state index contributed by atoms with van der Waals surface area (Å²) in [6.45, 7) is 2.98. The molecule has 0 saturated carbocycles. The van der Waals surface area contributed by atoms with Crippen molar-refractivity contribution in [2.45, 2.75) is 24.4 Å². The van der Waals surface area contributed by atoms with Crippen molar-refractivity contribution >= 4 is 33.4 Å². The van der Waals surface area contributed by atoms with Crippen LogP contribution in [0.25, 0.3) is 11.4 Å². The molecule has 3 aromatic rings. The van der Waals surface area contributed by atoms with Crippen LogP contribution < -0.4 is 4.90 Å². The molecule has 0 unspecified atom stereocenters. The number of hydrogen-bond acceptors (Lipinski definition) is 4. The third-order valence-corrected chi connectivity index (χ3v) is 5.52. The molecule has 0 fully saturated rings. The lowest BCUT2D eigenvalue weighted by molar-refractivity contribution is 0.687. The van der Waals surface area contributed by atoms with E-state index in [0.717, 1.165) is 33.3 Å². The van der Waals surface area contributed by atoms with Crippen molar-refractivity contribution in [2.24, 2.45) is 0 Å². The highest BCUT2D eigenvalue weighted by Gasteiger charge is 2.13. The Kier molecular flexibility index (Phi) is 5.81. The molecule has 6 heteroatoms. The summed E-state index contributed by atoms with van der Waals surface area (Å²) < 4.78 is 3.27. The number of halogens is 1. The van der Waals surface area contributed by atoms with Crippen LogP contribution in [0.15, 0.2) is 58.2 Å². The molecule has 0 aliphatic heterocycles. The zero-order chi connectivity index (χ0) is 17.8. The number of anilines is 1. The molecule has 0 bridgehead atoms. The number of benzene rings is 2. The van der Waals surface area contributed by atoms with Gasteiger partial charge in [-0.15, -0.1) is 10.2 Å². The van der Waals surface area contributed by atoms with Crippen LogP contribution in [0.1, 0.15) is 12.5 Å². The van der Waals surface area contributed by atoms with Gasteiger partial charge in [-0.1, -0.05) is 39.8 Å². The van der Waals surface area contributed by atoms with Gasteiger partial charge in [-0.05, 0) is 48.9 Å². The normalized spacial score (nSPS) is 10.9. The molecule has 0 spiro atoms. The largest absolute Gasteiger partial charge is 0.378 e. The maximum atomic E-state index is 4.43. The molecule has 0 saturated heterocycles. The lowest BCUT2D eigenvalue weighted by Crippen LogP contribution is -2.08. The van der Waals surface area contributed by atoms with E-state index in [-0.39, 0.29) is 0 Å². The Labute approximate surface area is 161 Å². The molecule has 4 nitrogen and oxygen atoms in total. The summed E-state index contributed by atoms with van der Waals surface area (Å²) in [7, 11) is 4.08. The predicted molar refractivity (Wildman–Crippen MR) is 109 cm³/mol. The molecule has 0 aliphatic carbocycles. The number of rotatable bonds is 6. The molecular weight excluding hydrogens is 396 g/mol. The molecule has 0 amide bonds. The van der Waals surface area contributed by atoms with Crippen molar-refractivity contribution in [1.82, 2.24) is 14.8 Å². The molecule has 3 rings (SSSR count). The van der Waals surface area contributed by atoms with Gasteiger partial charge in [0, 0.05) is 42.1 Å². The highest BCUT2D eigenvalue weighted by atomic mass is 79.9. The Balaban J connectivity index is 1.79. The van der Waals surface area contributed by atoms with Gasteiger partial charge in [0.25, 0.3) is 0 Å². The van der Waals surface area contributed by atoms with E-state index in [2.05, 4.69) is 91.0 Å². The van der Waals surface area contributed by atoms with Gasteiger partial charge in [-0.25, -0.2) is 0 Å². The molecule has 0 aliphatic rings. The van der Waals surface area contributed by atoms with Crippen molar-refractivity contribution in [3.63, 3.8) is 0 Å². The Hall–Kier alpha value is -1.79. The molecular formula is C19H21BrN4S. The zero-order valence-electron chi connectivity index (χ0n) is 14.6. The maximum absolute atomic E-state index is 4.43. The minimum Gasteiger partial charge on any atom is -0.378 e. The SMILES string of the molecule is CCn1c(SCc2ccc(Br)cc2)nnc1-c1ccc(N(C)C)cc1. The Morgan fingerprint density at radius 1 is 1.00 bits per heavy atom. The minimum absolute atomic E-state index is 0.848. The van der Waals surface area contributed by atoms with E-state index in [0.29, 0.717) is 0 Å². The molecule has 0 N–H and O–H groups in total. The average Bonchev–Trinajstić information content (AvgIpc) is 3.04. The van der Waals surface area contributed by atoms with Crippen LogP contribution in [0.4, 0.5) is 5.69 Å². The fraction of sp³-hybridized carbons (Fsp3) is 0.263. The molecule has 1 aromatic heterocycles. The summed E-state index contributed by atoms with van der Waals surface area (Å²) in [6, 6.07) is 16.8. The second-order valence-electron chi connectivity index (χ2n) is 5.91. The molecule has 130 valence electrons. The topological polar surface area (TPSA) is 34.0 Å². The van der Waals surface area contributed by atoms with Gasteiger partial charge < -0.3 is 9.47 Å². The summed E-state index contributed by atoms with van der Waals surface area (Å²) in [6.07, 6.45) is 0. The van der Waals surface area contributed by atoms with E-state index in [1.165, 1.54) is 11.3 Å². The molecule has 2 aromatic carbocycles. The number of hydrogen-bond donors (Lipinski definition) is 0. The molecule has 25 heavy (non-hydrogen) atoms. The third kappa shape index (κ3) is 4.25. The number of aromatic nitrogens is 3. The van der Waals surface area contributed by atoms with Crippen LogP contribution >= 0.6 is 27.7 Å². The van der Waals surface area contributed by atoms with Crippen LogP contribution in [-0.4, -0.2) is 28.9 Å². The van der Waals surface area contributed by atoms with E-state index >= 15 is 0 Å². The van der Waals surface area contributed by atoms with Crippen LogP contribution in [0.5, 0.6) is 0 Å². The molecule has 0 radical (unpaired) electrons. The van der Waals surface area contributed by atoms with Gasteiger partial charge in [0.1, 0.15) is 0 Å². The van der Waals surface area contributed by atoms with E-state index in [9.17, 15) is 0 Å². The van der Waals surface area contributed by atoms with E-state index in [1.54, 1.807) is 11.8 Å². The maximum Gasteiger partial charge on any atom is 0.191 e. The first-order chi connectivity index (χ1) is 12.1. The first-order valence-electron chi connectivity index (χ1n) is 8.16. The molecule has 0 atom stereocenters. The van der Waals surface area contributed by atoms with Gasteiger partial charge in [-0.3, -0.25) is 0 Å². The Bertz CT molecular complexity index is 826. The summed E-state index contributed by atoms with van der Waals surface area (Å²) in [5.74, 6) is 1.80. The van der Waals surface area contributed by atoms with Crippen LogP contribution in [0.2, 0.25) is 0 Å². The number of thioether (sulfide) groups is 1. The van der Waals surface area contributed by atoms with Crippen molar-refractivity contribution in [3.8, 4) is 11.4 Å². The highest BCUT2D eigenvalue weighted by Crippen LogP contribution is 2.27. The summed E-state index contributed by atoms with van der Waals surface area (Å²) >= 11 is 5.19. The average molecular weight is 417 g/mol. The van der Waals surface area contributed by atoms with E-state index < -0.39 is 0 Å². The quantitative estimate of drug-likeness (QED) is 0.524. The Morgan fingerprint density at radius 2 is 1.68 bits per heavy atom. The van der Waals surface area contributed by atoms with Gasteiger partial charge in [0.05, 0.1) is 0 Å². The van der Waals surface area contributed by atoms with Gasteiger partial charge in [0.2, 0.25) is 0 Å². The second kappa shape index (κ2) is 8.06. The standard InChI is InChI=1S/C19H21BrN4S/c1-4-24-18(15-7-11-17(12-8-15)23(2)3)21-22-19(24)25-13-14-5-9-16(20)10-6-14/h5-12H,4,13H2,1-3H3. The molecule has 1 heterocycles. The fourth-order valence-corrected chi connectivity index (χ4v) is 3.75. The third-order valence-electron chi connectivity index (χ3n) is 3.96.